The Hall–Kier alpha value is -0.220. The molecule has 0 aliphatic heterocycles. The fraction of sp³-hybridized carbons (Fsp3) is 0.857. The third-order valence-electron chi connectivity index (χ3n) is 0.932. The number of alkyl halides is 1. The zero-order valence-corrected chi connectivity index (χ0v) is 6.87. The molecule has 52 valence electrons. The van der Waals surface area contributed by atoms with E-state index in [2.05, 4.69) is 20.8 Å². The van der Waals surface area contributed by atoms with Crippen LogP contribution in [0, 0.1) is 16.7 Å². The molecule has 0 aromatic heterocycles. The van der Waals surface area contributed by atoms with E-state index in [1.165, 1.54) is 0 Å². The molecule has 2 heteroatoms. The number of hydrogen-bond acceptors (Lipinski definition) is 1. The highest BCUT2D eigenvalue weighted by Crippen LogP contribution is 2.22. The first-order chi connectivity index (χ1) is 3.95. The maximum absolute atomic E-state index is 8.32. The van der Waals surface area contributed by atoms with Crippen molar-refractivity contribution >= 4 is 11.6 Å². The lowest BCUT2D eigenvalue weighted by Crippen LogP contribution is -2.11. The second-order valence-corrected chi connectivity index (χ2v) is 3.89. The second-order valence-electron chi connectivity index (χ2n) is 3.36. The summed E-state index contributed by atoms with van der Waals surface area (Å²) in [7, 11) is 0. The van der Waals surface area contributed by atoms with Crippen molar-refractivity contribution in [1.29, 1.82) is 5.26 Å². The Morgan fingerprint density at radius 2 is 2.00 bits per heavy atom. The Bertz CT molecular complexity index is 118. The van der Waals surface area contributed by atoms with Crippen molar-refractivity contribution < 1.29 is 0 Å². The van der Waals surface area contributed by atoms with Crippen LogP contribution in [0.15, 0.2) is 0 Å². The molecule has 0 amide bonds. The van der Waals surface area contributed by atoms with Crippen LogP contribution < -0.4 is 0 Å². The van der Waals surface area contributed by atoms with Crippen molar-refractivity contribution in [2.24, 2.45) is 5.41 Å². The number of nitrogens with zero attached hydrogens (tertiary/aromatic N) is 1. The van der Waals surface area contributed by atoms with Crippen LogP contribution in [0.1, 0.15) is 27.2 Å². The number of rotatable bonds is 1. The smallest absolute Gasteiger partial charge is 0.121 e. The first-order valence-electron chi connectivity index (χ1n) is 2.99. The van der Waals surface area contributed by atoms with Crippen molar-refractivity contribution in [1.82, 2.24) is 0 Å². The molecule has 1 unspecified atom stereocenters. The van der Waals surface area contributed by atoms with E-state index < -0.39 is 0 Å². The van der Waals surface area contributed by atoms with Gasteiger partial charge in [0, 0.05) is 0 Å². The summed E-state index contributed by atoms with van der Waals surface area (Å²) in [4.78, 5) is 0. The molecule has 0 rings (SSSR count). The van der Waals surface area contributed by atoms with Crippen molar-refractivity contribution in [2.75, 3.05) is 0 Å². The maximum atomic E-state index is 8.32. The third kappa shape index (κ3) is 5.65. The Labute approximate surface area is 61.6 Å². The highest BCUT2D eigenvalue weighted by molar-refractivity contribution is 6.22. The number of hydrogen-bond donors (Lipinski definition) is 0. The van der Waals surface area contributed by atoms with Gasteiger partial charge in [-0.05, 0) is 11.8 Å². The van der Waals surface area contributed by atoms with Gasteiger partial charge < -0.3 is 0 Å². The summed E-state index contributed by atoms with van der Waals surface area (Å²) in [6, 6.07) is 1.99. The van der Waals surface area contributed by atoms with Crippen molar-refractivity contribution in [3.05, 3.63) is 0 Å². The summed E-state index contributed by atoms with van der Waals surface area (Å²) in [5.41, 5.74) is 0.169. The average Bonchev–Trinajstić information content (AvgIpc) is 1.62. The van der Waals surface area contributed by atoms with Gasteiger partial charge in [-0.1, -0.05) is 20.8 Å². The Morgan fingerprint density at radius 1 is 1.56 bits per heavy atom. The SMILES string of the molecule is CC(C)(C)CC(Cl)C#N. The van der Waals surface area contributed by atoms with Crippen LogP contribution >= 0.6 is 11.6 Å². The average molecular weight is 146 g/mol. The van der Waals surface area contributed by atoms with Gasteiger partial charge in [-0.2, -0.15) is 5.26 Å². The molecule has 0 aliphatic rings. The zero-order valence-electron chi connectivity index (χ0n) is 6.11. The van der Waals surface area contributed by atoms with Gasteiger partial charge in [0.1, 0.15) is 5.38 Å². The predicted octanol–water partition coefficient (Wildman–Crippen LogP) is 2.55. The van der Waals surface area contributed by atoms with Crippen LogP contribution in [0.25, 0.3) is 0 Å². The molecule has 0 aromatic carbocycles. The molecule has 0 bridgehead atoms. The summed E-state index contributed by atoms with van der Waals surface area (Å²) in [6.07, 6.45) is 0.755. The van der Waals surface area contributed by atoms with E-state index in [0.717, 1.165) is 6.42 Å². The van der Waals surface area contributed by atoms with Crippen molar-refractivity contribution in [3.8, 4) is 6.07 Å². The molecule has 0 spiro atoms. The Balaban J connectivity index is 3.63. The molecule has 9 heavy (non-hydrogen) atoms. The standard InChI is InChI=1S/C7H12ClN/c1-7(2,3)4-6(8)5-9/h6H,4H2,1-3H3. The fourth-order valence-corrected chi connectivity index (χ4v) is 1.05. The summed E-state index contributed by atoms with van der Waals surface area (Å²) >= 11 is 5.59. The summed E-state index contributed by atoms with van der Waals surface area (Å²) in [6.45, 7) is 6.21. The van der Waals surface area contributed by atoms with E-state index >= 15 is 0 Å². The molecular formula is C7H12ClN. The number of nitriles is 1. The van der Waals surface area contributed by atoms with E-state index in [1.807, 2.05) is 6.07 Å². The summed E-state index contributed by atoms with van der Waals surface area (Å²) < 4.78 is 0. The van der Waals surface area contributed by atoms with Gasteiger partial charge in [-0.15, -0.1) is 11.6 Å². The predicted molar refractivity (Wildman–Crippen MR) is 39.3 cm³/mol. The first kappa shape index (κ1) is 8.78. The van der Waals surface area contributed by atoms with Gasteiger partial charge in [0.05, 0.1) is 6.07 Å². The van der Waals surface area contributed by atoms with E-state index in [9.17, 15) is 0 Å². The minimum absolute atomic E-state index is 0.169. The molecule has 0 aromatic rings. The molecular weight excluding hydrogens is 134 g/mol. The van der Waals surface area contributed by atoms with E-state index in [0.29, 0.717) is 0 Å². The molecule has 0 saturated carbocycles. The van der Waals surface area contributed by atoms with Crippen LogP contribution in [0.5, 0.6) is 0 Å². The van der Waals surface area contributed by atoms with Crippen LogP contribution in [0.4, 0.5) is 0 Å². The highest BCUT2D eigenvalue weighted by atomic mass is 35.5. The lowest BCUT2D eigenvalue weighted by Gasteiger charge is -2.17. The molecule has 1 nitrogen and oxygen atoms in total. The largest absolute Gasteiger partial charge is 0.197 e. The van der Waals surface area contributed by atoms with Crippen LogP contribution in [0.2, 0.25) is 0 Å². The molecule has 0 radical (unpaired) electrons. The normalized spacial score (nSPS) is 14.6. The Morgan fingerprint density at radius 3 is 2.11 bits per heavy atom. The third-order valence-corrected chi connectivity index (χ3v) is 1.18. The van der Waals surface area contributed by atoms with E-state index in [4.69, 9.17) is 16.9 Å². The first-order valence-corrected chi connectivity index (χ1v) is 3.43. The summed E-state index contributed by atoms with van der Waals surface area (Å²) in [5, 5.41) is 7.99. The van der Waals surface area contributed by atoms with E-state index in [1.54, 1.807) is 0 Å². The Kier molecular flexibility index (Phi) is 3.00. The highest BCUT2D eigenvalue weighted by Gasteiger charge is 2.15. The van der Waals surface area contributed by atoms with Crippen LogP contribution in [-0.4, -0.2) is 5.38 Å². The molecule has 0 saturated heterocycles. The van der Waals surface area contributed by atoms with Crippen LogP contribution in [0.3, 0.4) is 0 Å². The minimum Gasteiger partial charge on any atom is -0.197 e. The summed E-state index contributed by atoms with van der Waals surface area (Å²) in [5.74, 6) is 0. The van der Waals surface area contributed by atoms with Gasteiger partial charge in [-0.3, -0.25) is 0 Å². The maximum Gasteiger partial charge on any atom is 0.121 e. The molecule has 0 heterocycles. The molecule has 0 fully saturated rings. The minimum atomic E-state index is -0.329. The van der Waals surface area contributed by atoms with Crippen molar-refractivity contribution in [3.63, 3.8) is 0 Å². The monoisotopic (exact) mass is 145 g/mol. The van der Waals surface area contributed by atoms with Gasteiger partial charge in [-0.25, -0.2) is 0 Å². The fourth-order valence-electron chi connectivity index (χ4n) is 0.583. The topological polar surface area (TPSA) is 23.8 Å². The van der Waals surface area contributed by atoms with E-state index in [-0.39, 0.29) is 10.8 Å². The molecule has 0 aliphatic carbocycles. The van der Waals surface area contributed by atoms with Gasteiger partial charge in [0.15, 0.2) is 0 Å². The van der Waals surface area contributed by atoms with Gasteiger partial charge in [0.2, 0.25) is 0 Å². The molecule has 0 N–H and O–H groups in total. The van der Waals surface area contributed by atoms with Crippen LogP contribution in [-0.2, 0) is 0 Å². The lowest BCUT2D eigenvalue weighted by molar-refractivity contribution is 0.386. The van der Waals surface area contributed by atoms with Gasteiger partial charge in [0.25, 0.3) is 0 Å². The lowest BCUT2D eigenvalue weighted by atomic mass is 9.91. The number of halogens is 1. The second kappa shape index (κ2) is 3.08. The molecule has 1 atom stereocenters. The van der Waals surface area contributed by atoms with Gasteiger partial charge >= 0.3 is 0 Å². The quantitative estimate of drug-likeness (QED) is 0.521. The zero-order chi connectivity index (χ0) is 7.49. The van der Waals surface area contributed by atoms with Crippen molar-refractivity contribution in [2.45, 2.75) is 32.6 Å².